The number of carbonyl (C=O) groups is 1. The highest BCUT2D eigenvalue weighted by atomic mass is 16.4. The van der Waals surface area contributed by atoms with Gasteiger partial charge in [-0.2, -0.15) is 5.10 Å². The Morgan fingerprint density at radius 1 is 1.37 bits per heavy atom. The van der Waals surface area contributed by atoms with Crippen LogP contribution in [0.1, 0.15) is 16.1 Å². The average molecular weight is 257 g/mol. The second-order valence-corrected chi connectivity index (χ2v) is 4.32. The number of hydrogen-bond donors (Lipinski definition) is 4. The fourth-order valence-corrected chi connectivity index (χ4v) is 2.28. The molecular weight excluding hydrogens is 246 g/mol. The van der Waals surface area contributed by atoms with Gasteiger partial charge in [0.2, 0.25) is 0 Å². The molecule has 0 radical (unpaired) electrons. The first-order valence-corrected chi connectivity index (χ1v) is 5.66. The number of benzene rings is 1. The minimum atomic E-state index is -1.03. The van der Waals surface area contributed by atoms with Crippen LogP contribution >= 0.6 is 0 Å². The highest BCUT2D eigenvalue weighted by Crippen LogP contribution is 2.34. The molecule has 0 saturated heterocycles. The van der Waals surface area contributed by atoms with Crippen molar-refractivity contribution in [3.05, 3.63) is 35.7 Å². The number of rotatable bonds is 2. The molecule has 0 aliphatic rings. The lowest BCUT2D eigenvalue weighted by Gasteiger charge is -2.00. The average Bonchev–Trinajstić information content (AvgIpc) is 2.91. The maximum Gasteiger partial charge on any atom is 0.339 e. The molecule has 2 aromatic heterocycles. The molecule has 3 aromatic rings. The number of H-pyrrole nitrogens is 2. The topological polar surface area (TPSA) is 102 Å². The molecule has 19 heavy (non-hydrogen) atoms. The normalized spacial score (nSPS) is 11.0. The number of nitrogens with zero attached hydrogens (tertiary/aromatic N) is 1. The van der Waals surface area contributed by atoms with Gasteiger partial charge >= 0.3 is 5.97 Å². The number of carboxylic acids is 1. The Labute approximate surface area is 107 Å². The largest absolute Gasteiger partial charge is 0.508 e. The zero-order chi connectivity index (χ0) is 13.6. The molecule has 0 aliphatic heterocycles. The fourth-order valence-electron chi connectivity index (χ4n) is 2.28. The van der Waals surface area contributed by atoms with E-state index in [0.29, 0.717) is 5.69 Å². The number of nitrogens with one attached hydrogen (secondary N) is 2. The fraction of sp³-hybridized carbons (Fsp3) is 0.0769. The predicted octanol–water partition coefficient (Wildman–Crippen LogP) is 2.27. The van der Waals surface area contributed by atoms with Gasteiger partial charge in [-0.1, -0.05) is 0 Å². The Balaban J connectivity index is 2.33. The number of aromatic nitrogens is 3. The van der Waals surface area contributed by atoms with E-state index in [2.05, 4.69) is 15.2 Å². The summed E-state index contributed by atoms with van der Waals surface area (Å²) in [7, 11) is 0. The number of carboxylic acid groups (broad SMARTS) is 1. The summed E-state index contributed by atoms with van der Waals surface area (Å²) in [6.45, 7) is 1.85. The Morgan fingerprint density at radius 2 is 2.16 bits per heavy atom. The van der Waals surface area contributed by atoms with Crippen LogP contribution in [0, 0.1) is 6.92 Å². The summed E-state index contributed by atoms with van der Waals surface area (Å²) in [5, 5.41) is 26.0. The lowest BCUT2D eigenvalue weighted by Crippen LogP contribution is -1.97. The molecule has 0 unspecified atom stereocenters. The van der Waals surface area contributed by atoms with Crippen LogP contribution < -0.4 is 0 Å². The van der Waals surface area contributed by atoms with Crippen LogP contribution in [0.25, 0.3) is 22.2 Å². The molecule has 4 N–H and O–H groups in total. The number of aromatic amines is 2. The van der Waals surface area contributed by atoms with Crippen molar-refractivity contribution >= 4 is 16.9 Å². The van der Waals surface area contributed by atoms with Crippen molar-refractivity contribution in [1.82, 2.24) is 15.2 Å². The summed E-state index contributed by atoms with van der Waals surface area (Å²) < 4.78 is 0. The number of hydrogen-bond acceptors (Lipinski definition) is 3. The summed E-state index contributed by atoms with van der Waals surface area (Å²) >= 11 is 0. The highest BCUT2D eigenvalue weighted by molar-refractivity contribution is 6.03. The van der Waals surface area contributed by atoms with Crippen molar-refractivity contribution in [1.29, 1.82) is 0 Å². The Kier molecular flexibility index (Phi) is 2.31. The minimum absolute atomic E-state index is 0.122. The molecule has 6 nitrogen and oxygen atoms in total. The number of aromatic hydroxyl groups is 1. The van der Waals surface area contributed by atoms with Crippen molar-refractivity contribution in [2.75, 3.05) is 0 Å². The van der Waals surface area contributed by atoms with Crippen LogP contribution in [0.15, 0.2) is 24.4 Å². The van der Waals surface area contributed by atoms with Crippen molar-refractivity contribution in [2.24, 2.45) is 0 Å². The van der Waals surface area contributed by atoms with Crippen molar-refractivity contribution in [2.45, 2.75) is 6.92 Å². The SMILES string of the molecule is Cc1[nH]c2cc(O)ccc2c1-c1[nH]ncc1C(=O)O. The zero-order valence-electron chi connectivity index (χ0n) is 10.1. The van der Waals surface area contributed by atoms with E-state index in [-0.39, 0.29) is 11.3 Å². The molecule has 0 spiro atoms. The number of aryl methyl sites for hydroxylation is 1. The van der Waals surface area contributed by atoms with Crippen molar-refractivity contribution < 1.29 is 15.0 Å². The number of phenolic OH excluding ortho intramolecular Hbond substituents is 1. The molecule has 2 heterocycles. The monoisotopic (exact) mass is 257 g/mol. The van der Waals surface area contributed by atoms with Gasteiger partial charge in [-0.3, -0.25) is 5.10 Å². The lowest BCUT2D eigenvalue weighted by atomic mass is 10.0. The van der Waals surface area contributed by atoms with Gasteiger partial charge in [-0.25, -0.2) is 4.79 Å². The van der Waals surface area contributed by atoms with Gasteiger partial charge < -0.3 is 15.2 Å². The lowest BCUT2D eigenvalue weighted by molar-refractivity contribution is 0.0698. The first-order valence-electron chi connectivity index (χ1n) is 5.66. The van der Waals surface area contributed by atoms with E-state index in [1.54, 1.807) is 18.2 Å². The van der Waals surface area contributed by atoms with E-state index in [4.69, 9.17) is 5.11 Å². The molecular formula is C13H11N3O3. The molecule has 1 aromatic carbocycles. The van der Waals surface area contributed by atoms with Crippen LogP contribution in [0.3, 0.4) is 0 Å². The summed E-state index contributed by atoms with van der Waals surface area (Å²) in [4.78, 5) is 14.3. The molecule has 0 saturated carbocycles. The molecule has 0 bridgehead atoms. The minimum Gasteiger partial charge on any atom is -0.508 e. The van der Waals surface area contributed by atoms with Crippen LogP contribution in [-0.4, -0.2) is 31.4 Å². The predicted molar refractivity (Wildman–Crippen MR) is 69.2 cm³/mol. The second kappa shape index (κ2) is 3.88. The van der Waals surface area contributed by atoms with Crippen LogP contribution in [0.5, 0.6) is 5.75 Å². The van der Waals surface area contributed by atoms with Gasteiger partial charge in [0.05, 0.1) is 11.9 Å². The Morgan fingerprint density at radius 3 is 2.89 bits per heavy atom. The molecule has 3 rings (SSSR count). The van der Waals surface area contributed by atoms with Crippen LogP contribution in [0.4, 0.5) is 0 Å². The Hall–Kier alpha value is -2.76. The van der Waals surface area contributed by atoms with Gasteiger partial charge in [0, 0.05) is 28.2 Å². The van der Waals surface area contributed by atoms with E-state index < -0.39 is 5.97 Å². The smallest absolute Gasteiger partial charge is 0.339 e. The molecule has 96 valence electrons. The third kappa shape index (κ3) is 1.65. The summed E-state index contributed by atoms with van der Waals surface area (Å²) in [5.41, 5.74) is 2.90. The molecule has 0 fully saturated rings. The maximum absolute atomic E-state index is 11.2. The van der Waals surface area contributed by atoms with E-state index in [0.717, 1.165) is 22.2 Å². The van der Waals surface area contributed by atoms with Gasteiger partial charge in [-0.05, 0) is 19.1 Å². The maximum atomic E-state index is 11.2. The van der Waals surface area contributed by atoms with Gasteiger partial charge in [0.15, 0.2) is 0 Å². The summed E-state index contributed by atoms with van der Waals surface area (Å²) in [6.07, 6.45) is 1.29. The van der Waals surface area contributed by atoms with Gasteiger partial charge in [-0.15, -0.1) is 0 Å². The summed E-state index contributed by atoms with van der Waals surface area (Å²) in [6, 6.07) is 4.91. The van der Waals surface area contributed by atoms with Crippen molar-refractivity contribution in [3.8, 4) is 17.0 Å². The Bertz CT molecular complexity index is 786. The standard InChI is InChI=1S/C13H11N3O3/c1-6-11(12-9(13(18)19)5-14-16-12)8-3-2-7(17)4-10(8)15-6/h2-5,15,17H,1H3,(H,14,16)(H,18,19). The molecule has 0 amide bonds. The first kappa shape index (κ1) is 11.3. The van der Waals surface area contributed by atoms with Gasteiger partial charge in [0.25, 0.3) is 0 Å². The van der Waals surface area contributed by atoms with Crippen LogP contribution in [-0.2, 0) is 0 Å². The third-order valence-corrected chi connectivity index (χ3v) is 3.09. The van der Waals surface area contributed by atoms with Gasteiger partial charge in [0.1, 0.15) is 11.3 Å². The zero-order valence-corrected chi connectivity index (χ0v) is 10.1. The van der Waals surface area contributed by atoms with Crippen molar-refractivity contribution in [3.63, 3.8) is 0 Å². The van der Waals surface area contributed by atoms with E-state index in [1.807, 2.05) is 6.92 Å². The number of fused-ring (bicyclic) bond motifs is 1. The quantitative estimate of drug-likeness (QED) is 0.565. The molecule has 0 atom stereocenters. The second-order valence-electron chi connectivity index (χ2n) is 4.32. The summed E-state index contributed by atoms with van der Waals surface area (Å²) in [5.74, 6) is -0.875. The third-order valence-electron chi connectivity index (χ3n) is 3.09. The van der Waals surface area contributed by atoms with E-state index in [9.17, 15) is 9.90 Å². The van der Waals surface area contributed by atoms with E-state index in [1.165, 1.54) is 6.20 Å². The first-order chi connectivity index (χ1) is 9.08. The van der Waals surface area contributed by atoms with E-state index >= 15 is 0 Å². The number of aromatic carboxylic acids is 1. The highest BCUT2D eigenvalue weighted by Gasteiger charge is 2.19. The molecule has 0 aliphatic carbocycles. The van der Waals surface area contributed by atoms with Crippen LogP contribution in [0.2, 0.25) is 0 Å². The molecule has 6 heteroatoms. The number of phenols is 1.